The molecular formula is C26H30Cl2N4O6S. The van der Waals surface area contributed by atoms with E-state index in [0.29, 0.717) is 59.9 Å². The van der Waals surface area contributed by atoms with Crippen molar-refractivity contribution >= 4 is 61.8 Å². The van der Waals surface area contributed by atoms with Gasteiger partial charge in [-0.25, -0.2) is 13.4 Å². The number of fused-ring (bicyclic) bond motifs is 1. The van der Waals surface area contributed by atoms with Gasteiger partial charge in [0.25, 0.3) is 5.91 Å². The van der Waals surface area contributed by atoms with Gasteiger partial charge in [-0.05, 0) is 42.8 Å². The number of nitrogens with one attached hydrogen (secondary N) is 1. The molecule has 1 saturated heterocycles. The van der Waals surface area contributed by atoms with E-state index in [-0.39, 0.29) is 17.7 Å². The first-order chi connectivity index (χ1) is 18.7. The highest BCUT2D eigenvalue weighted by Gasteiger charge is 2.27. The van der Waals surface area contributed by atoms with Gasteiger partial charge in [0.1, 0.15) is 5.82 Å². The third-order valence-electron chi connectivity index (χ3n) is 6.21. The van der Waals surface area contributed by atoms with Gasteiger partial charge in [-0.15, -0.1) is 0 Å². The number of rotatable bonds is 11. The van der Waals surface area contributed by atoms with Crippen LogP contribution in [0.1, 0.15) is 32.0 Å². The molecule has 1 aromatic heterocycles. The van der Waals surface area contributed by atoms with Gasteiger partial charge in [0.15, 0.2) is 6.61 Å². The minimum Gasteiger partial charge on any atom is -0.456 e. The minimum absolute atomic E-state index is 0.00462. The van der Waals surface area contributed by atoms with E-state index in [9.17, 15) is 18.0 Å². The number of nitrogens with zero attached hydrogens (tertiary/aromatic N) is 3. The molecule has 0 saturated carbocycles. The van der Waals surface area contributed by atoms with Gasteiger partial charge >= 0.3 is 5.97 Å². The van der Waals surface area contributed by atoms with E-state index in [1.165, 1.54) is 22.5 Å². The number of imidazole rings is 1. The highest BCUT2D eigenvalue weighted by atomic mass is 35.5. The summed E-state index contributed by atoms with van der Waals surface area (Å²) in [4.78, 5) is 29.4. The molecule has 39 heavy (non-hydrogen) atoms. The van der Waals surface area contributed by atoms with Gasteiger partial charge in [0, 0.05) is 41.8 Å². The zero-order chi connectivity index (χ0) is 28.0. The maximum Gasteiger partial charge on any atom is 0.306 e. The number of unbranched alkanes of at least 4 members (excludes halogenated alkanes) is 1. The fraction of sp³-hybridized carbons (Fsp3) is 0.423. The van der Waals surface area contributed by atoms with E-state index >= 15 is 0 Å². The molecule has 10 nitrogen and oxygen atoms in total. The summed E-state index contributed by atoms with van der Waals surface area (Å²) in [5.41, 5.74) is 1.74. The number of anilines is 1. The fourth-order valence-corrected chi connectivity index (χ4v) is 6.22. The molecule has 0 spiro atoms. The average Bonchev–Trinajstić information content (AvgIpc) is 3.26. The van der Waals surface area contributed by atoms with Crippen LogP contribution >= 0.6 is 23.2 Å². The zero-order valence-corrected chi connectivity index (χ0v) is 23.8. The highest BCUT2D eigenvalue weighted by Crippen LogP contribution is 2.25. The number of carbonyl (C=O) groups is 2. The lowest BCUT2D eigenvalue weighted by Crippen LogP contribution is -2.40. The number of sulfonamides is 1. The Morgan fingerprint density at radius 3 is 2.51 bits per heavy atom. The first-order valence-electron chi connectivity index (χ1n) is 12.7. The summed E-state index contributed by atoms with van der Waals surface area (Å²) in [5, 5.41) is 3.32. The van der Waals surface area contributed by atoms with Crippen LogP contribution in [-0.2, 0) is 42.1 Å². The van der Waals surface area contributed by atoms with Gasteiger partial charge < -0.3 is 19.4 Å². The van der Waals surface area contributed by atoms with E-state index < -0.39 is 28.5 Å². The van der Waals surface area contributed by atoms with Crippen molar-refractivity contribution in [1.29, 1.82) is 0 Å². The maximum absolute atomic E-state index is 13.1. The molecule has 13 heteroatoms. The average molecular weight is 598 g/mol. The zero-order valence-electron chi connectivity index (χ0n) is 21.5. The number of ether oxygens (including phenoxy) is 2. The van der Waals surface area contributed by atoms with Crippen LogP contribution in [0.5, 0.6) is 0 Å². The molecule has 210 valence electrons. The summed E-state index contributed by atoms with van der Waals surface area (Å²) >= 11 is 11.9. The first kappa shape index (κ1) is 29.3. The molecule has 1 aliphatic heterocycles. The second kappa shape index (κ2) is 13.1. The number of hydrogen-bond donors (Lipinski definition) is 1. The lowest BCUT2D eigenvalue weighted by atomic mass is 10.2. The third-order valence-corrected chi connectivity index (χ3v) is 8.54. The molecule has 2 aromatic carbocycles. The molecule has 0 bridgehead atoms. The van der Waals surface area contributed by atoms with Crippen LogP contribution in [0.25, 0.3) is 11.0 Å². The number of carbonyl (C=O) groups excluding carboxylic acids is 2. The van der Waals surface area contributed by atoms with E-state index in [0.717, 1.165) is 18.4 Å². The summed E-state index contributed by atoms with van der Waals surface area (Å²) in [6.45, 7) is 3.64. The second-order valence-electron chi connectivity index (χ2n) is 9.07. The summed E-state index contributed by atoms with van der Waals surface area (Å²) in [6, 6.07) is 9.55. The molecular weight excluding hydrogens is 567 g/mol. The molecule has 2 heterocycles. The number of amides is 1. The van der Waals surface area contributed by atoms with Crippen LogP contribution < -0.4 is 5.32 Å². The summed E-state index contributed by atoms with van der Waals surface area (Å²) in [5.74, 6) is -0.431. The molecule has 0 aliphatic carbocycles. The number of aryl methyl sites for hydroxylation is 2. The lowest BCUT2D eigenvalue weighted by molar-refractivity contribution is -0.147. The Hall–Kier alpha value is -2.70. The summed E-state index contributed by atoms with van der Waals surface area (Å²) < 4.78 is 40.1. The highest BCUT2D eigenvalue weighted by molar-refractivity contribution is 7.89. The summed E-state index contributed by atoms with van der Waals surface area (Å²) in [6.07, 6.45) is 2.13. The van der Waals surface area contributed by atoms with Gasteiger partial charge in [-0.2, -0.15) is 4.31 Å². The van der Waals surface area contributed by atoms with E-state index in [4.69, 9.17) is 32.7 Å². The maximum atomic E-state index is 13.1. The van der Waals surface area contributed by atoms with Crippen molar-refractivity contribution in [1.82, 2.24) is 13.9 Å². The SMILES string of the molecule is CCCCn1c(CCC(=O)OCC(=O)Nc2cc(Cl)cc(Cl)c2)nc2cc(S(=O)(=O)N3CCOCC3)ccc21. The van der Waals surface area contributed by atoms with Crippen molar-refractivity contribution in [2.24, 2.45) is 0 Å². The van der Waals surface area contributed by atoms with Crippen molar-refractivity contribution in [3.63, 3.8) is 0 Å². The predicted octanol–water partition coefficient (Wildman–Crippen LogP) is 4.28. The molecule has 1 fully saturated rings. The standard InChI is InChI=1S/C26H30Cl2N4O6S/c1-2-3-8-32-23-5-4-21(39(35,36)31-9-11-37-12-10-31)16-22(23)30-24(32)6-7-26(34)38-17-25(33)29-20-14-18(27)13-19(28)15-20/h4-5,13-16H,2-3,6-12,17H2,1H3,(H,29,33). The normalized spacial score (nSPS) is 14.4. The largest absolute Gasteiger partial charge is 0.456 e. The number of esters is 1. The number of aromatic nitrogens is 2. The van der Waals surface area contributed by atoms with E-state index in [1.807, 2.05) is 4.57 Å². The van der Waals surface area contributed by atoms with Crippen molar-refractivity contribution < 1.29 is 27.5 Å². The molecule has 0 unspecified atom stereocenters. The molecule has 4 rings (SSSR count). The number of morpholine rings is 1. The topological polar surface area (TPSA) is 120 Å². The Bertz CT molecular complexity index is 1430. The molecule has 0 atom stereocenters. The van der Waals surface area contributed by atoms with Crippen molar-refractivity contribution in [2.45, 2.75) is 44.0 Å². The fourth-order valence-electron chi connectivity index (χ4n) is 4.27. The predicted molar refractivity (Wildman–Crippen MR) is 149 cm³/mol. The number of halogens is 2. The Balaban J connectivity index is 1.42. The number of benzene rings is 2. The van der Waals surface area contributed by atoms with Gasteiger partial charge in [0.2, 0.25) is 10.0 Å². The van der Waals surface area contributed by atoms with Crippen molar-refractivity contribution in [2.75, 3.05) is 38.2 Å². The van der Waals surface area contributed by atoms with Crippen LogP contribution in [0.3, 0.4) is 0 Å². The van der Waals surface area contributed by atoms with E-state index in [2.05, 4.69) is 17.2 Å². The monoisotopic (exact) mass is 596 g/mol. The Morgan fingerprint density at radius 2 is 1.82 bits per heavy atom. The smallest absolute Gasteiger partial charge is 0.306 e. The van der Waals surface area contributed by atoms with Crippen LogP contribution in [0, 0.1) is 0 Å². The number of hydrogen-bond acceptors (Lipinski definition) is 7. The first-order valence-corrected chi connectivity index (χ1v) is 14.9. The molecule has 1 N–H and O–H groups in total. The molecule has 1 amide bonds. The summed E-state index contributed by atoms with van der Waals surface area (Å²) in [7, 11) is -3.67. The van der Waals surface area contributed by atoms with Crippen LogP contribution in [-0.4, -0.2) is 67.1 Å². The van der Waals surface area contributed by atoms with Crippen LogP contribution in [0.15, 0.2) is 41.3 Å². The molecule has 3 aromatic rings. The third kappa shape index (κ3) is 7.49. The Morgan fingerprint density at radius 1 is 1.10 bits per heavy atom. The van der Waals surface area contributed by atoms with Crippen molar-refractivity contribution in [3.05, 3.63) is 52.3 Å². The Labute approximate surface area is 237 Å². The van der Waals surface area contributed by atoms with Crippen LogP contribution in [0.4, 0.5) is 5.69 Å². The Kier molecular flexibility index (Phi) is 9.84. The van der Waals surface area contributed by atoms with Gasteiger partial charge in [0.05, 0.1) is 35.6 Å². The van der Waals surface area contributed by atoms with Gasteiger partial charge in [-0.1, -0.05) is 36.5 Å². The molecule has 1 aliphatic rings. The van der Waals surface area contributed by atoms with E-state index in [1.54, 1.807) is 18.2 Å². The lowest BCUT2D eigenvalue weighted by Gasteiger charge is -2.26. The second-order valence-corrected chi connectivity index (χ2v) is 11.9. The molecule has 0 radical (unpaired) electrons. The minimum atomic E-state index is -3.67. The quantitative estimate of drug-likeness (QED) is 0.328. The van der Waals surface area contributed by atoms with Crippen LogP contribution in [0.2, 0.25) is 10.0 Å². The van der Waals surface area contributed by atoms with Crippen molar-refractivity contribution in [3.8, 4) is 0 Å². The van der Waals surface area contributed by atoms with Gasteiger partial charge in [-0.3, -0.25) is 9.59 Å².